The number of carbonyl (C=O) groups excluding carboxylic acids is 1. The molecule has 2 unspecified atom stereocenters. The predicted molar refractivity (Wildman–Crippen MR) is 56.2 cm³/mol. The smallest absolute Gasteiger partial charge is 0.238 e. The first-order chi connectivity index (χ1) is 7.27. The van der Waals surface area contributed by atoms with E-state index in [0.29, 0.717) is 19.1 Å². The Kier molecular flexibility index (Phi) is 3.56. The molecule has 0 radical (unpaired) electrons. The molecule has 86 valence electrons. The molecule has 2 fully saturated rings. The lowest BCUT2D eigenvalue weighted by Gasteiger charge is -2.21. The average Bonchev–Trinajstić information content (AvgIpc) is 2.84. The van der Waals surface area contributed by atoms with Gasteiger partial charge in [0.25, 0.3) is 0 Å². The fourth-order valence-corrected chi connectivity index (χ4v) is 2.20. The summed E-state index contributed by atoms with van der Waals surface area (Å²) in [6.45, 7) is 3.02. The molecule has 0 aromatic heterocycles. The summed E-state index contributed by atoms with van der Waals surface area (Å²) in [6.07, 6.45) is 2.16. The average molecular weight is 213 g/mol. The summed E-state index contributed by atoms with van der Waals surface area (Å²) in [5.41, 5.74) is 0. The third kappa shape index (κ3) is 2.68. The molecule has 2 heterocycles. The first kappa shape index (κ1) is 10.9. The van der Waals surface area contributed by atoms with E-state index in [1.807, 2.05) is 0 Å². The third-order valence-corrected chi connectivity index (χ3v) is 3.14. The number of aliphatic hydroxyl groups is 1. The van der Waals surface area contributed by atoms with Crippen LogP contribution in [0.15, 0.2) is 0 Å². The Morgan fingerprint density at radius 1 is 1.53 bits per heavy atom. The van der Waals surface area contributed by atoms with E-state index in [9.17, 15) is 9.90 Å². The van der Waals surface area contributed by atoms with Gasteiger partial charge in [-0.3, -0.25) is 4.79 Å². The van der Waals surface area contributed by atoms with Crippen molar-refractivity contribution in [1.29, 1.82) is 0 Å². The van der Waals surface area contributed by atoms with E-state index < -0.39 is 6.23 Å². The van der Waals surface area contributed by atoms with E-state index in [2.05, 4.69) is 10.6 Å². The molecule has 2 saturated heterocycles. The van der Waals surface area contributed by atoms with Gasteiger partial charge in [0.2, 0.25) is 5.91 Å². The van der Waals surface area contributed by atoms with Gasteiger partial charge in [-0.15, -0.1) is 0 Å². The minimum atomic E-state index is -0.555. The molecule has 0 aromatic rings. The highest BCUT2D eigenvalue weighted by molar-refractivity contribution is 5.78. The lowest BCUT2D eigenvalue weighted by Crippen LogP contribution is -2.44. The topological polar surface area (TPSA) is 64.6 Å². The number of rotatable bonds is 3. The van der Waals surface area contributed by atoms with Gasteiger partial charge in [-0.25, -0.2) is 0 Å². The molecule has 0 bridgehead atoms. The van der Waals surface area contributed by atoms with Gasteiger partial charge in [0, 0.05) is 19.1 Å². The second kappa shape index (κ2) is 4.92. The molecule has 2 atom stereocenters. The van der Waals surface area contributed by atoms with E-state index in [1.54, 1.807) is 4.90 Å². The second-order valence-corrected chi connectivity index (χ2v) is 4.28. The van der Waals surface area contributed by atoms with Crippen LogP contribution in [-0.4, -0.2) is 54.4 Å². The SMILES string of the molecule is O=C(CNC1CCNC1)N1CCCC1O. The Morgan fingerprint density at radius 3 is 3.00 bits per heavy atom. The van der Waals surface area contributed by atoms with Crippen molar-refractivity contribution in [2.24, 2.45) is 0 Å². The zero-order chi connectivity index (χ0) is 10.7. The Hall–Kier alpha value is -0.650. The zero-order valence-electron chi connectivity index (χ0n) is 8.91. The Balaban J connectivity index is 1.71. The van der Waals surface area contributed by atoms with E-state index >= 15 is 0 Å². The summed E-state index contributed by atoms with van der Waals surface area (Å²) in [7, 11) is 0. The molecular formula is C10H19N3O2. The van der Waals surface area contributed by atoms with Crippen LogP contribution in [-0.2, 0) is 4.79 Å². The number of carbonyl (C=O) groups is 1. The van der Waals surface area contributed by atoms with Crippen LogP contribution >= 0.6 is 0 Å². The van der Waals surface area contributed by atoms with Crippen molar-refractivity contribution in [3.8, 4) is 0 Å². The fraction of sp³-hybridized carbons (Fsp3) is 0.900. The first-order valence-corrected chi connectivity index (χ1v) is 5.69. The number of hydrogen-bond donors (Lipinski definition) is 3. The zero-order valence-corrected chi connectivity index (χ0v) is 8.91. The number of amides is 1. The van der Waals surface area contributed by atoms with Crippen LogP contribution in [0.2, 0.25) is 0 Å². The maximum absolute atomic E-state index is 11.7. The van der Waals surface area contributed by atoms with E-state index in [0.717, 1.165) is 32.4 Å². The molecule has 2 rings (SSSR count). The summed E-state index contributed by atoms with van der Waals surface area (Å²) >= 11 is 0. The molecule has 15 heavy (non-hydrogen) atoms. The summed E-state index contributed by atoms with van der Waals surface area (Å²) in [5, 5.41) is 16.0. The maximum atomic E-state index is 11.7. The standard InChI is InChI=1S/C10H19N3O2/c14-9-2-1-5-13(9)10(15)7-12-8-3-4-11-6-8/h8-9,11-12,14H,1-7H2. The van der Waals surface area contributed by atoms with Crippen molar-refractivity contribution < 1.29 is 9.90 Å². The Morgan fingerprint density at radius 2 is 2.40 bits per heavy atom. The van der Waals surface area contributed by atoms with Gasteiger partial charge in [-0.1, -0.05) is 0 Å². The number of aliphatic hydroxyl groups excluding tert-OH is 1. The highest BCUT2D eigenvalue weighted by atomic mass is 16.3. The van der Waals surface area contributed by atoms with Crippen LogP contribution < -0.4 is 10.6 Å². The second-order valence-electron chi connectivity index (χ2n) is 4.28. The normalized spacial score (nSPS) is 31.1. The minimum absolute atomic E-state index is 0.0203. The van der Waals surface area contributed by atoms with Gasteiger partial charge in [-0.2, -0.15) is 0 Å². The van der Waals surface area contributed by atoms with Gasteiger partial charge in [0.1, 0.15) is 6.23 Å². The molecule has 0 spiro atoms. The predicted octanol–water partition coefficient (Wildman–Crippen LogP) is -1.12. The molecule has 2 aliphatic rings. The minimum Gasteiger partial charge on any atom is -0.374 e. The van der Waals surface area contributed by atoms with E-state index in [1.165, 1.54) is 0 Å². The Labute approximate surface area is 89.8 Å². The van der Waals surface area contributed by atoms with Crippen LogP contribution in [0.25, 0.3) is 0 Å². The van der Waals surface area contributed by atoms with Crippen LogP contribution in [0, 0.1) is 0 Å². The lowest BCUT2D eigenvalue weighted by molar-refractivity contribution is -0.137. The first-order valence-electron chi connectivity index (χ1n) is 5.69. The number of nitrogens with zero attached hydrogens (tertiary/aromatic N) is 1. The fourth-order valence-electron chi connectivity index (χ4n) is 2.20. The summed E-state index contributed by atoms with van der Waals surface area (Å²) in [4.78, 5) is 13.3. The molecule has 0 aliphatic carbocycles. The Bertz CT molecular complexity index is 229. The van der Waals surface area contributed by atoms with Gasteiger partial charge in [0.05, 0.1) is 6.54 Å². The lowest BCUT2D eigenvalue weighted by atomic mass is 10.2. The molecule has 5 heteroatoms. The summed E-state index contributed by atoms with van der Waals surface area (Å²) in [5.74, 6) is 0.0203. The van der Waals surface area contributed by atoms with Crippen molar-refractivity contribution in [3.05, 3.63) is 0 Å². The van der Waals surface area contributed by atoms with Crippen molar-refractivity contribution in [3.63, 3.8) is 0 Å². The van der Waals surface area contributed by atoms with Gasteiger partial charge < -0.3 is 20.6 Å². The maximum Gasteiger partial charge on any atom is 0.238 e. The third-order valence-electron chi connectivity index (χ3n) is 3.14. The highest BCUT2D eigenvalue weighted by Gasteiger charge is 2.26. The van der Waals surface area contributed by atoms with Gasteiger partial charge in [0.15, 0.2) is 0 Å². The van der Waals surface area contributed by atoms with Crippen molar-refractivity contribution in [1.82, 2.24) is 15.5 Å². The van der Waals surface area contributed by atoms with E-state index in [-0.39, 0.29) is 5.91 Å². The molecule has 5 nitrogen and oxygen atoms in total. The van der Waals surface area contributed by atoms with Crippen molar-refractivity contribution in [2.75, 3.05) is 26.2 Å². The molecule has 0 saturated carbocycles. The number of nitrogens with one attached hydrogen (secondary N) is 2. The molecule has 3 N–H and O–H groups in total. The molecule has 0 aromatic carbocycles. The van der Waals surface area contributed by atoms with Crippen LogP contribution in [0.4, 0.5) is 0 Å². The monoisotopic (exact) mass is 213 g/mol. The number of likely N-dealkylation sites (tertiary alicyclic amines) is 1. The molecule has 1 amide bonds. The van der Waals surface area contributed by atoms with Crippen molar-refractivity contribution >= 4 is 5.91 Å². The van der Waals surface area contributed by atoms with Crippen molar-refractivity contribution in [2.45, 2.75) is 31.5 Å². The summed E-state index contributed by atoms with van der Waals surface area (Å²) in [6, 6.07) is 0.411. The van der Waals surface area contributed by atoms with Crippen LogP contribution in [0.1, 0.15) is 19.3 Å². The molecular weight excluding hydrogens is 194 g/mol. The largest absolute Gasteiger partial charge is 0.374 e. The van der Waals surface area contributed by atoms with Gasteiger partial charge in [-0.05, 0) is 25.8 Å². The summed E-state index contributed by atoms with van der Waals surface area (Å²) < 4.78 is 0. The molecule has 2 aliphatic heterocycles. The van der Waals surface area contributed by atoms with Crippen LogP contribution in [0.3, 0.4) is 0 Å². The quantitative estimate of drug-likeness (QED) is 0.555. The van der Waals surface area contributed by atoms with E-state index in [4.69, 9.17) is 0 Å². The number of hydrogen-bond acceptors (Lipinski definition) is 4. The van der Waals surface area contributed by atoms with Crippen LogP contribution in [0.5, 0.6) is 0 Å². The van der Waals surface area contributed by atoms with Gasteiger partial charge >= 0.3 is 0 Å². The highest BCUT2D eigenvalue weighted by Crippen LogP contribution is 2.14.